The van der Waals surface area contributed by atoms with E-state index in [-0.39, 0.29) is 4.90 Å². The molecule has 5 rings (SSSR count). The number of aliphatic imine (C=N–C) groups is 1. The van der Waals surface area contributed by atoms with E-state index in [0.29, 0.717) is 16.5 Å². The number of hydrogen-bond acceptors (Lipinski definition) is 6. The standard InChI is InChI=1S/C21H15N3O2S2/c22-18-13-27-20(24-18)21(28(25,26)14-7-2-1-3-8-14)12-6-10-16-15-9-4-5-11-17(15)23-19(16)21/h1-13H,22H2. The van der Waals surface area contributed by atoms with E-state index in [2.05, 4.69) is 4.98 Å². The van der Waals surface area contributed by atoms with Gasteiger partial charge in [-0.1, -0.05) is 54.6 Å². The number of sulfone groups is 1. The third kappa shape index (κ3) is 2.20. The molecule has 138 valence electrons. The number of nitrogens with two attached hydrogens (primary N) is 1. The van der Waals surface area contributed by atoms with E-state index in [4.69, 9.17) is 10.7 Å². The summed E-state index contributed by atoms with van der Waals surface area (Å²) in [5, 5.41) is 2.05. The fourth-order valence-corrected chi connectivity index (χ4v) is 6.75. The molecule has 0 radical (unpaired) electrons. The maximum atomic E-state index is 14.0. The fraction of sp³-hybridized carbons (Fsp3) is 0.0476. The minimum Gasteiger partial charge on any atom is -0.383 e. The highest BCUT2D eigenvalue weighted by molar-refractivity contribution is 7.93. The zero-order valence-electron chi connectivity index (χ0n) is 14.6. The van der Waals surface area contributed by atoms with Crippen LogP contribution in [0.3, 0.4) is 0 Å². The number of benzene rings is 2. The average molecular weight is 406 g/mol. The van der Waals surface area contributed by atoms with Gasteiger partial charge >= 0.3 is 0 Å². The summed E-state index contributed by atoms with van der Waals surface area (Å²) in [6.07, 6.45) is 5.34. The average Bonchev–Trinajstić information content (AvgIpc) is 3.32. The van der Waals surface area contributed by atoms with Gasteiger partial charge in [-0.2, -0.15) is 0 Å². The van der Waals surface area contributed by atoms with Crippen molar-refractivity contribution in [2.75, 3.05) is 5.73 Å². The minimum atomic E-state index is -3.90. The van der Waals surface area contributed by atoms with Crippen LogP contribution >= 0.6 is 11.3 Å². The molecule has 2 aliphatic rings. The molecule has 0 fully saturated rings. The number of aromatic nitrogens is 1. The highest BCUT2D eigenvalue weighted by Crippen LogP contribution is 2.50. The van der Waals surface area contributed by atoms with Crippen LogP contribution in [0.1, 0.15) is 10.6 Å². The number of fused-ring (bicyclic) bond motifs is 3. The highest BCUT2D eigenvalue weighted by Gasteiger charge is 2.54. The summed E-state index contributed by atoms with van der Waals surface area (Å²) in [7, 11) is -3.90. The third-order valence-corrected chi connectivity index (χ3v) is 8.33. The lowest BCUT2D eigenvalue weighted by Gasteiger charge is -2.31. The summed E-state index contributed by atoms with van der Waals surface area (Å²) < 4.78 is 26.4. The van der Waals surface area contributed by atoms with Crippen molar-refractivity contribution in [3.8, 4) is 0 Å². The normalized spacial score (nSPS) is 20.3. The Bertz CT molecular complexity index is 1290. The molecule has 2 heterocycles. The molecule has 2 aromatic carbocycles. The van der Waals surface area contributed by atoms with E-state index in [1.54, 1.807) is 47.9 Å². The van der Waals surface area contributed by atoms with Crippen molar-refractivity contribution >= 4 is 44.0 Å². The van der Waals surface area contributed by atoms with Gasteiger partial charge in [-0.05, 0) is 18.2 Å². The third-order valence-electron chi connectivity index (χ3n) is 4.94. The molecule has 28 heavy (non-hydrogen) atoms. The summed E-state index contributed by atoms with van der Waals surface area (Å²) in [5.41, 5.74) is 8.81. The van der Waals surface area contributed by atoms with Crippen LogP contribution in [0, 0.1) is 0 Å². The van der Waals surface area contributed by atoms with Crippen LogP contribution in [0.2, 0.25) is 0 Å². The first-order valence-electron chi connectivity index (χ1n) is 8.64. The van der Waals surface area contributed by atoms with Gasteiger partial charge in [0.25, 0.3) is 0 Å². The monoisotopic (exact) mass is 405 g/mol. The fourth-order valence-electron chi connectivity index (χ4n) is 3.66. The Morgan fingerprint density at radius 1 is 1.00 bits per heavy atom. The zero-order valence-corrected chi connectivity index (χ0v) is 16.2. The molecule has 0 spiro atoms. The lowest BCUT2D eigenvalue weighted by atomic mass is 9.89. The number of para-hydroxylation sites is 1. The zero-order chi connectivity index (χ0) is 19.4. The van der Waals surface area contributed by atoms with Gasteiger partial charge in [0.2, 0.25) is 0 Å². The molecule has 0 saturated carbocycles. The van der Waals surface area contributed by atoms with E-state index in [1.807, 2.05) is 30.3 Å². The van der Waals surface area contributed by atoms with Gasteiger partial charge in [-0.15, -0.1) is 11.3 Å². The molecule has 3 aromatic rings. The van der Waals surface area contributed by atoms with Crippen LogP contribution in [0.4, 0.5) is 11.5 Å². The van der Waals surface area contributed by atoms with Crippen LogP contribution in [-0.2, 0) is 14.6 Å². The maximum absolute atomic E-state index is 14.0. The molecule has 2 N–H and O–H groups in total. The van der Waals surface area contributed by atoms with Crippen molar-refractivity contribution in [3.05, 3.63) is 88.8 Å². The van der Waals surface area contributed by atoms with Gasteiger partial charge in [-0.25, -0.2) is 18.4 Å². The Hall–Kier alpha value is -3.03. The SMILES string of the molecule is Nc1csc(C2(S(=O)(=O)c3ccccc3)C=CC=C3C2=Nc2ccccc23)n1. The van der Waals surface area contributed by atoms with Crippen molar-refractivity contribution in [1.29, 1.82) is 0 Å². The number of nitrogens with zero attached hydrogens (tertiary/aromatic N) is 2. The van der Waals surface area contributed by atoms with Gasteiger partial charge in [0, 0.05) is 16.5 Å². The van der Waals surface area contributed by atoms with Crippen molar-refractivity contribution in [2.45, 2.75) is 9.64 Å². The number of thiazole rings is 1. The Kier molecular flexibility index (Phi) is 3.65. The molecule has 1 unspecified atom stereocenters. The van der Waals surface area contributed by atoms with Gasteiger partial charge < -0.3 is 5.73 Å². The molecule has 0 amide bonds. The smallest absolute Gasteiger partial charge is 0.200 e. The summed E-state index contributed by atoms with van der Waals surface area (Å²) in [6.45, 7) is 0. The Morgan fingerprint density at radius 3 is 2.50 bits per heavy atom. The largest absolute Gasteiger partial charge is 0.383 e. The lowest BCUT2D eigenvalue weighted by molar-refractivity contribution is 0.582. The Labute approximate surface area is 166 Å². The van der Waals surface area contributed by atoms with E-state index in [9.17, 15) is 8.42 Å². The maximum Gasteiger partial charge on any atom is 0.200 e. The summed E-state index contributed by atoms with van der Waals surface area (Å²) >= 11 is 1.23. The van der Waals surface area contributed by atoms with Crippen LogP contribution < -0.4 is 5.73 Å². The van der Waals surface area contributed by atoms with Crippen molar-refractivity contribution in [1.82, 2.24) is 4.98 Å². The Balaban J connectivity index is 1.84. The first kappa shape index (κ1) is 17.1. The second kappa shape index (κ2) is 5.98. The quantitative estimate of drug-likeness (QED) is 0.710. The Morgan fingerprint density at radius 2 is 1.75 bits per heavy atom. The lowest BCUT2D eigenvalue weighted by Crippen LogP contribution is -2.43. The molecule has 0 bridgehead atoms. The molecular formula is C21H15N3O2S2. The summed E-state index contributed by atoms with van der Waals surface area (Å²) in [4.78, 5) is 9.34. The predicted octanol–water partition coefficient (Wildman–Crippen LogP) is 4.13. The van der Waals surface area contributed by atoms with Crippen molar-refractivity contribution in [2.24, 2.45) is 4.99 Å². The molecule has 1 aliphatic carbocycles. The van der Waals surface area contributed by atoms with Gasteiger partial charge in [-0.3, -0.25) is 0 Å². The van der Waals surface area contributed by atoms with Crippen LogP contribution in [-0.4, -0.2) is 19.1 Å². The molecule has 5 nitrogen and oxygen atoms in total. The molecule has 7 heteroatoms. The minimum absolute atomic E-state index is 0.216. The van der Waals surface area contributed by atoms with Crippen LogP contribution in [0.5, 0.6) is 0 Å². The first-order valence-corrected chi connectivity index (χ1v) is 11.0. The number of allylic oxidation sites excluding steroid dienone is 3. The second-order valence-electron chi connectivity index (χ2n) is 6.55. The van der Waals surface area contributed by atoms with E-state index in [0.717, 1.165) is 16.8 Å². The van der Waals surface area contributed by atoms with E-state index in [1.165, 1.54) is 11.3 Å². The molecule has 0 saturated heterocycles. The van der Waals surface area contributed by atoms with Gasteiger partial charge in [0.05, 0.1) is 16.3 Å². The number of nitrogen functional groups attached to an aromatic ring is 1. The molecule has 1 atom stereocenters. The summed E-state index contributed by atoms with van der Waals surface area (Å²) in [5.74, 6) is 0.295. The number of hydrogen-bond donors (Lipinski definition) is 1. The van der Waals surface area contributed by atoms with Crippen LogP contribution in [0.15, 0.2) is 88.1 Å². The molecule has 1 aromatic heterocycles. The topological polar surface area (TPSA) is 85.4 Å². The van der Waals surface area contributed by atoms with Crippen LogP contribution in [0.25, 0.3) is 5.57 Å². The van der Waals surface area contributed by atoms with Crippen molar-refractivity contribution < 1.29 is 8.42 Å². The molecular weight excluding hydrogens is 390 g/mol. The number of rotatable bonds is 3. The highest BCUT2D eigenvalue weighted by atomic mass is 32.2. The summed E-state index contributed by atoms with van der Waals surface area (Å²) in [6, 6.07) is 16.1. The first-order chi connectivity index (χ1) is 13.5. The second-order valence-corrected chi connectivity index (χ2v) is 9.53. The predicted molar refractivity (Wildman–Crippen MR) is 112 cm³/mol. The van der Waals surface area contributed by atoms with Gasteiger partial charge in [0.15, 0.2) is 14.6 Å². The number of anilines is 1. The van der Waals surface area contributed by atoms with Crippen molar-refractivity contribution in [3.63, 3.8) is 0 Å². The van der Waals surface area contributed by atoms with E-state index < -0.39 is 14.6 Å². The van der Waals surface area contributed by atoms with Gasteiger partial charge in [0.1, 0.15) is 10.8 Å². The molecule has 1 aliphatic heterocycles. The van der Waals surface area contributed by atoms with E-state index >= 15 is 0 Å².